The first-order valence-corrected chi connectivity index (χ1v) is 8.97. The molecule has 1 atom stereocenters. The molecular weight excluding hydrogens is 228 g/mol. The Kier molecular flexibility index (Phi) is 6.18. The van der Waals surface area contributed by atoms with Gasteiger partial charge in [0.25, 0.3) is 0 Å². The quantitative estimate of drug-likeness (QED) is 0.618. The number of rotatable bonds is 3. The molecule has 0 aliphatic heterocycles. The second-order valence-electron chi connectivity index (χ2n) is 5.90. The van der Waals surface area contributed by atoms with Gasteiger partial charge in [-0.15, -0.1) is 0 Å². The van der Waals surface area contributed by atoms with Gasteiger partial charge in [-0.3, -0.25) is 0 Å². The summed E-state index contributed by atoms with van der Waals surface area (Å²) in [5.41, 5.74) is 0.949. The Bertz CT molecular complexity index is 324. The molecule has 0 aromatic carbocycles. The summed E-state index contributed by atoms with van der Waals surface area (Å²) in [4.78, 5) is 0. The van der Waals surface area contributed by atoms with E-state index in [0.29, 0.717) is 6.61 Å². The van der Waals surface area contributed by atoms with E-state index in [2.05, 4.69) is 45.7 Å². The van der Waals surface area contributed by atoms with E-state index in [1.165, 1.54) is 0 Å². The molecule has 17 heavy (non-hydrogen) atoms. The van der Waals surface area contributed by atoms with Crippen molar-refractivity contribution in [2.24, 2.45) is 0 Å². The van der Waals surface area contributed by atoms with Crippen molar-refractivity contribution in [2.75, 3.05) is 6.61 Å². The third-order valence-corrected chi connectivity index (χ3v) is 7.62. The van der Waals surface area contributed by atoms with Gasteiger partial charge in [-0.1, -0.05) is 32.6 Å². The Morgan fingerprint density at radius 3 is 2.35 bits per heavy atom. The molecule has 0 amide bonds. The fraction of sp³-hybridized carbons (Fsp3) is 0.714. The van der Waals surface area contributed by atoms with Crippen molar-refractivity contribution in [3.8, 4) is 11.8 Å². The summed E-state index contributed by atoms with van der Waals surface area (Å²) in [5, 5.41) is 9.27. The van der Waals surface area contributed by atoms with Gasteiger partial charge in [-0.2, -0.15) is 0 Å². The fourth-order valence-corrected chi connectivity index (χ4v) is 1.79. The number of allylic oxidation sites excluding steroid dienone is 1. The van der Waals surface area contributed by atoms with E-state index in [0.717, 1.165) is 5.57 Å². The summed E-state index contributed by atoms with van der Waals surface area (Å²) < 4.78 is 6.00. The van der Waals surface area contributed by atoms with Gasteiger partial charge in [0.2, 0.25) is 0 Å². The molecule has 0 fully saturated rings. The largest absolute Gasteiger partial charge is 0.413 e. The second kappa shape index (κ2) is 6.39. The van der Waals surface area contributed by atoms with E-state index in [1.807, 2.05) is 13.0 Å². The molecule has 0 saturated carbocycles. The summed E-state index contributed by atoms with van der Waals surface area (Å²) in [6.45, 7) is 15.3. The monoisotopic (exact) mass is 254 g/mol. The molecule has 0 heterocycles. The van der Waals surface area contributed by atoms with Gasteiger partial charge in [0.1, 0.15) is 6.10 Å². The highest BCUT2D eigenvalue weighted by Crippen LogP contribution is 2.36. The van der Waals surface area contributed by atoms with E-state index in [4.69, 9.17) is 9.53 Å². The normalized spacial score (nSPS) is 15.2. The van der Waals surface area contributed by atoms with Crippen molar-refractivity contribution in [3.63, 3.8) is 0 Å². The molecule has 0 spiro atoms. The topological polar surface area (TPSA) is 29.5 Å². The third-order valence-electron chi connectivity index (χ3n) is 3.12. The Hall–Kier alpha value is -0.563. The molecule has 0 aliphatic carbocycles. The van der Waals surface area contributed by atoms with Crippen molar-refractivity contribution < 1.29 is 9.53 Å². The van der Waals surface area contributed by atoms with Gasteiger partial charge in [0.05, 0.1) is 6.61 Å². The molecule has 1 N–H and O–H groups in total. The van der Waals surface area contributed by atoms with Crippen molar-refractivity contribution in [1.29, 1.82) is 0 Å². The predicted octanol–water partition coefficient (Wildman–Crippen LogP) is 3.34. The lowest BCUT2D eigenvalue weighted by molar-refractivity contribution is 0.253. The van der Waals surface area contributed by atoms with Gasteiger partial charge < -0.3 is 9.53 Å². The van der Waals surface area contributed by atoms with E-state index >= 15 is 0 Å². The van der Waals surface area contributed by atoms with E-state index in [9.17, 15) is 0 Å². The van der Waals surface area contributed by atoms with Gasteiger partial charge in [0.15, 0.2) is 8.32 Å². The maximum atomic E-state index is 9.04. The highest BCUT2D eigenvalue weighted by atomic mass is 28.4. The van der Waals surface area contributed by atoms with Crippen LogP contribution in [0.15, 0.2) is 11.6 Å². The van der Waals surface area contributed by atoms with Gasteiger partial charge in [0, 0.05) is 0 Å². The summed E-state index contributed by atoms with van der Waals surface area (Å²) in [6.07, 6.45) is 1.41. The lowest BCUT2D eigenvalue weighted by Crippen LogP contribution is -2.40. The van der Waals surface area contributed by atoms with Crippen molar-refractivity contribution in [1.82, 2.24) is 0 Å². The molecule has 0 aliphatic rings. The average molecular weight is 254 g/mol. The first-order chi connectivity index (χ1) is 7.56. The molecule has 1 unspecified atom stereocenters. The van der Waals surface area contributed by atoms with Crippen molar-refractivity contribution in [2.45, 2.75) is 58.9 Å². The molecule has 0 radical (unpaired) electrons. The molecule has 0 aromatic heterocycles. The van der Waals surface area contributed by atoms with Crippen LogP contribution in [0.4, 0.5) is 0 Å². The van der Waals surface area contributed by atoms with E-state index in [1.54, 1.807) is 6.92 Å². The smallest absolute Gasteiger partial charge is 0.192 e. The van der Waals surface area contributed by atoms with Crippen molar-refractivity contribution >= 4 is 8.32 Å². The van der Waals surface area contributed by atoms with Crippen LogP contribution in [0, 0.1) is 11.8 Å². The minimum Gasteiger partial charge on any atom is -0.413 e. The standard InChI is InChI=1S/C14H26O2Si/c1-12(8-9-13(2)15)10-11-16-17(6,7)14(3,4)5/h10,13,15H,11H2,1-7H3/b12-10-. The van der Waals surface area contributed by atoms with Crippen LogP contribution in [0.25, 0.3) is 0 Å². The van der Waals surface area contributed by atoms with Gasteiger partial charge >= 0.3 is 0 Å². The minimum absolute atomic E-state index is 0.236. The second-order valence-corrected chi connectivity index (χ2v) is 10.7. The van der Waals surface area contributed by atoms with Crippen LogP contribution in [-0.2, 0) is 4.43 Å². The lowest BCUT2D eigenvalue weighted by Gasteiger charge is -2.35. The SMILES string of the molecule is C/C(C#CC(C)O)=C/CO[Si](C)(C)C(C)(C)C. The first-order valence-electron chi connectivity index (χ1n) is 6.06. The molecule has 0 bridgehead atoms. The summed E-state index contributed by atoms with van der Waals surface area (Å²) in [7, 11) is -1.66. The highest BCUT2D eigenvalue weighted by Gasteiger charge is 2.36. The molecule has 0 saturated heterocycles. The van der Waals surface area contributed by atoms with Crippen LogP contribution in [-0.4, -0.2) is 26.1 Å². The molecule has 98 valence electrons. The van der Waals surface area contributed by atoms with Crippen LogP contribution in [0.1, 0.15) is 34.6 Å². The fourth-order valence-electron chi connectivity index (χ4n) is 0.861. The Morgan fingerprint density at radius 1 is 1.41 bits per heavy atom. The molecule has 0 rings (SSSR count). The number of hydrogen-bond donors (Lipinski definition) is 1. The zero-order valence-electron chi connectivity index (χ0n) is 12.2. The summed E-state index contributed by atoms with van der Waals surface area (Å²) >= 11 is 0. The van der Waals surface area contributed by atoms with Crippen LogP contribution in [0.3, 0.4) is 0 Å². The van der Waals surface area contributed by atoms with Crippen LogP contribution in [0.2, 0.25) is 18.1 Å². The number of aliphatic hydroxyl groups excluding tert-OH is 1. The van der Waals surface area contributed by atoms with E-state index in [-0.39, 0.29) is 5.04 Å². The van der Waals surface area contributed by atoms with Crippen LogP contribution >= 0.6 is 0 Å². The van der Waals surface area contributed by atoms with Gasteiger partial charge in [-0.05, 0) is 43.6 Å². The zero-order chi connectivity index (χ0) is 13.7. The number of aliphatic hydroxyl groups is 1. The Labute approximate surface area is 107 Å². The maximum absolute atomic E-state index is 9.04. The lowest BCUT2D eigenvalue weighted by atomic mass is 10.2. The molecule has 3 heteroatoms. The minimum atomic E-state index is -1.66. The van der Waals surface area contributed by atoms with Crippen molar-refractivity contribution in [3.05, 3.63) is 11.6 Å². The summed E-state index contributed by atoms with van der Waals surface area (Å²) in [6, 6.07) is 0. The van der Waals surface area contributed by atoms with E-state index < -0.39 is 14.4 Å². The third kappa shape index (κ3) is 6.67. The molecule has 2 nitrogen and oxygen atoms in total. The maximum Gasteiger partial charge on any atom is 0.192 e. The highest BCUT2D eigenvalue weighted by molar-refractivity contribution is 6.74. The summed E-state index contributed by atoms with van der Waals surface area (Å²) in [5.74, 6) is 5.62. The predicted molar refractivity (Wildman–Crippen MR) is 76.4 cm³/mol. The molecule has 0 aromatic rings. The Balaban J connectivity index is 4.34. The molecular formula is C14H26O2Si. The van der Waals surface area contributed by atoms with Crippen LogP contribution in [0.5, 0.6) is 0 Å². The van der Waals surface area contributed by atoms with Crippen LogP contribution < -0.4 is 0 Å². The average Bonchev–Trinajstić information content (AvgIpc) is 2.12. The number of hydrogen-bond acceptors (Lipinski definition) is 2. The first kappa shape index (κ1) is 16.4. The van der Waals surface area contributed by atoms with Gasteiger partial charge in [-0.25, -0.2) is 0 Å². The zero-order valence-corrected chi connectivity index (χ0v) is 13.2. The Morgan fingerprint density at radius 2 is 1.94 bits per heavy atom.